The molecule has 1 N–H and O–H groups in total. The number of hydrogen-bond acceptors (Lipinski definition) is 2. The van der Waals surface area contributed by atoms with Crippen molar-refractivity contribution in [2.24, 2.45) is 0 Å². The molecule has 0 amide bonds. The second-order valence-electron chi connectivity index (χ2n) is 5.43. The summed E-state index contributed by atoms with van der Waals surface area (Å²) in [5, 5.41) is 3.44. The van der Waals surface area contributed by atoms with E-state index in [-0.39, 0.29) is 24.8 Å². The first-order valence-electron chi connectivity index (χ1n) is 7.24. The molecule has 1 saturated heterocycles. The topological polar surface area (TPSA) is 15.3 Å². The van der Waals surface area contributed by atoms with E-state index in [4.69, 9.17) is 0 Å². The van der Waals surface area contributed by atoms with Gasteiger partial charge in [-0.25, -0.2) is 0 Å². The number of aryl methyl sites for hydroxylation is 2. The number of nitrogens with one attached hydrogen (secondary N) is 1. The number of nitrogens with zero attached hydrogens (tertiary/aromatic N) is 1. The number of hydrogen-bond donors (Lipinski definition) is 1. The number of rotatable bonds is 4. The Balaban J connectivity index is 0.00000180. The fraction of sp³-hybridized carbons (Fsp3) is 0.625. The Morgan fingerprint density at radius 2 is 1.75 bits per heavy atom. The molecule has 1 aromatic rings. The van der Waals surface area contributed by atoms with E-state index in [2.05, 4.69) is 49.2 Å². The van der Waals surface area contributed by atoms with Crippen LogP contribution in [0.5, 0.6) is 0 Å². The minimum absolute atomic E-state index is 0. The minimum Gasteiger partial charge on any atom is -0.314 e. The van der Waals surface area contributed by atoms with Gasteiger partial charge in [-0.1, -0.05) is 31.5 Å². The highest BCUT2D eigenvalue weighted by atomic mass is 35.5. The fourth-order valence-corrected chi connectivity index (χ4v) is 2.80. The third-order valence-corrected chi connectivity index (χ3v) is 4.07. The summed E-state index contributed by atoms with van der Waals surface area (Å²) in [5.41, 5.74) is 4.32. The summed E-state index contributed by atoms with van der Waals surface area (Å²) in [5.74, 6) is 0. The smallest absolute Gasteiger partial charge is 0.0349 e. The molecule has 0 radical (unpaired) electrons. The highest BCUT2D eigenvalue weighted by Crippen LogP contribution is 2.27. The number of piperazine rings is 1. The number of halogens is 2. The summed E-state index contributed by atoms with van der Waals surface area (Å²) in [6.45, 7) is 11.3. The molecule has 0 saturated carbocycles. The van der Waals surface area contributed by atoms with Gasteiger partial charge in [-0.05, 0) is 37.0 Å². The maximum absolute atomic E-state index is 3.44. The molecule has 0 bridgehead atoms. The zero-order valence-electron chi connectivity index (χ0n) is 12.8. The Labute approximate surface area is 136 Å². The third-order valence-electron chi connectivity index (χ3n) is 4.07. The van der Waals surface area contributed by atoms with Gasteiger partial charge in [0.2, 0.25) is 0 Å². The second-order valence-corrected chi connectivity index (χ2v) is 5.43. The van der Waals surface area contributed by atoms with Crippen molar-refractivity contribution in [2.75, 3.05) is 26.2 Å². The molecule has 1 aromatic carbocycles. The molecule has 1 fully saturated rings. The molecule has 0 aromatic heterocycles. The SMILES string of the molecule is CCC[C@H](c1ccc(C)c(C)c1)N1CCNCC1.Cl.Cl. The lowest BCUT2D eigenvalue weighted by atomic mass is 9.96. The first kappa shape index (κ1) is 19.7. The summed E-state index contributed by atoms with van der Waals surface area (Å²) >= 11 is 0. The van der Waals surface area contributed by atoms with Gasteiger partial charge < -0.3 is 5.32 Å². The average Bonchev–Trinajstić information content (AvgIpc) is 2.40. The molecular weight excluding hydrogens is 291 g/mol. The van der Waals surface area contributed by atoms with Gasteiger partial charge in [0.15, 0.2) is 0 Å². The monoisotopic (exact) mass is 318 g/mol. The minimum atomic E-state index is 0. The van der Waals surface area contributed by atoms with E-state index in [0.29, 0.717) is 6.04 Å². The third kappa shape index (κ3) is 4.92. The maximum atomic E-state index is 3.44. The van der Waals surface area contributed by atoms with Crippen LogP contribution >= 0.6 is 24.8 Å². The van der Waals surface area contributed by atoms with Crippen LogP contribution in [-0.2, 0) is 0 Å². The molecule has 1 atom stereocenters. The Morgan fingerprint density at radius 3 is 2.30 bits per heavy atom. The molecule has 4 heteroatoms. The molecule has 20 heavy (non-hydrogen) atoms. The van der Waals surface area contributed by atoms with Gasteiger partial charge >= 0.3 is 0 Å². The standard InChI is InChI=1S/C16H26N2.2ClH/c1-4-5-16(18-10-8-17-9-11-18)15-7-6-13(2)14(3)12-15;;/h6-7,12,16-17H,4-5,8-11H2,1-3H3;2*1H/t16-;;/m1../s1. The van der Waals surface area contributed by atoms with Crippen molar-refractivity contribution in [3.05, 3.63) is 34.9 Å². The van der Waals surface area contributed by atoms with E-state index in [9.17, 15) is 0 Å². The van der Waals surface area contributed by atoms with Crippen LogP contribution in [0, 0.1) is 13.8 Å². The zero-order chi connectivity index (χ0) is 13.0. The normalized spacial score (nSPS) is 16.9. The second kappa shape index (κ2) is 9.62. The highest BCUT2D eigenvalue weighted by molar-refractivity contribution is 5.85. The van der Waals surface area contributed by atoms with Crippen molar-refractivity contribution in [2.45, 2.75) is 39.7 Å². The van der Waals surface area contributed by atoms with Gasteiger partial charge in [-0.2, -0.15) is 0 Å². The molecule has 116 valence electrons. The average molecular weight is 319 g/mol. The first-order valence-corrected chi connectivity index (χ1v) is 7.24. The van der Waals surface area contributed by atoms with Crippen molar-refractivity contribution >= 4 is 24.8 Å². The van der Waals surface area contributed by atoms with Crippen molar-refractivity contribution in [1.82, 2.24) is 10.2 Å². The maximum Gasteiger partial charge on any atom is 0.0349 e. The van der Waals surface area contributed by atoms with Gasteiger partial charge in [0.25, 0.3) is 0 Å². The molecule has 1 heterocycles. The van der Waals surface area contributed by atoms with Crippen LogP contribution in [0.25, 0.3) is 0 Å². The van der Waals surface area contributed by atoms with Crippen LogP contribution in [0.4, 0.5) is 0 Å². The molecule has 0 aliphatic carbocycles. The molecular formula is C16H28Cl2N2. The van der Waals surface area contributed by atoms with E-state index < -0.39 is 0 Å². The van der Waals surface area contributed by atoms with Gasteiger partial charge in [0, 0.05) is 32.2 Å². The van der Waals surface area contributed by atoms with E-state index >= 15 is 0 Å². The Bertz CT molecular complexity index is 390. The lowest BCUT2D eigenvalue weighted by molar-refractivity contribution is 0.164. The molecule has 1 aliphatic heterocycles. The van der Waals surface area contributed by atoms with Crippen molar-refractivity contribution < 1.29 is 0 Å². The van der Waals surface area contributed by atoms with Crippen LogP contribution in [0.3, 0.4) is 0 Å². The predicted octanol–water partition coefficient (Wildman–Crippen LogP) is 3.89. The van der Waals surface area contributed by atoms with E-state index in [0.717, 1.165) is 13.1 Å². The number of benzene rings is 1. The van der Waals surface area contributed by atoms with Crippen molar-refractivity contribution in [3.63, 3.8) is 0 Å². The molecule has 0 spiro atoms. The van der Waals surface area contributed by atoms with Gasteiger partial charge in [-0.15, -0.1) is 24.8 Å². The van der Waals surface area contributed by atoms with Crippen LogP contribution in [0.2, 0.25) is 0 Å². The summed E-state index contributed by atoms with van der Waals surface area (Å²) in [4.78, 5) is 2.64. The summed E-state index contributed by atoms with van der Waals surface area (Å²) in [7, 11) is 0. The Hall–Kier alpha value is -0.280. The fourth-order valence-electron chi connectivity index (χ4n) is 2.80. The van der Waals surface area contributed by atoms with Crippen LogP contribution in [-0.4, -0.2) is 31.1 Å². The summed E-state index contributed by atoms with van der Waals surface area (Å²) in [6, 6.07) is 7.59. The lowest BCUT2D eigenvalue weighted by Gasteiger charge is -2.35. The molecule has 2 rings (SSSR count). The molecule has 0 unspecified atom stereocenters. The lowest BCUT2D eigenvalue weighted by Crippen LogP contribution is -2.45. The first-order chi connectivity index (χ1) is 8.72. The van der Waals surface area contributed by atoms with Crippen LogP contribution in [0.15, 0.2) is 18.2 Å². The van der Waals surface area contributed by atoms with E-state index in [1.807, 2.05) is 0 Å². The Kier molecular flexibility index (Phi) is 9.48. The molecule has 1 aliphatic rings. The zero-order valence-corrected chi connectivity index (χ0v) is 14.4. The predicted molar refractivity (Wildman–Crippen MR) is 92.5 cm³/mol. The van der Waals surface area contributed by atoms with E-state index in [1.54, 1.807) is 0 Å². The summed E-state index contributed by atoms with van der Waals surface area (Å²) in [6.07, 6.45) is 2.52. The van der Waals surface area contributed by atoms with Gasteiger partial charge in [0.05, 0.1) is 0 Å². The van der Waals surface area contributed by atoms with Gasteiger partial charge in [0.1, 0.15) is 0 Å². The largest absolute Gasteiger partial charge is 0.314 e. The summed E-state index contributed by atoms with van der Waals surface area (Å²) < 4.78 is 0. The van der Waals surface area contributed by atoms with Crippen molar-refractivity contribution in [3.8, 4) is 0 Å². The van der Waals surface area contributed by atoms with Crippen LogP contribution in [0.1, 0.15) is 42.5 Å². The van der Waals surface area contributed by atoms with Crippen LogP contribution < -0.4 is 5.32 Å². The highest BCUT2D eigenvalue weighted by Gasteiger charge is 2.21. The molecule has 2 nitrogen and oxygen atoms in total. The van der Waals surface area contributed by atoms with Crippen molar-refractivity contribution in [1.29, 1.82) is 0 Å². The Morgan fingerprint density at radius 1 is 1.10 bits per heavy atom. The quantitative estimate of drug-likeness (QED) is 0.906. The van der Waals surface area contributed by atoms with E-state index in [1.165, 1.54) is 42.6 Å². The van der Waals surface area contributed by atoms with Gasteiger partial charge in [-0.3, -0.25) is 4.90 Å².